The van der Waals surface area contributed by atoms with E-state index in [0.29, 0.717) is 0 Å². The van der Waals surface area contributed by atoms with Gasteiger partial charge in [0.25, 0.3) is 0 Å². The van der Waals surface area contributed by atoms with Gasteiger partial charge in [0.2, 0.25) is 0 Å². The Morgan fingerprint density at radius 2 is 1.67 bits per heavy atom. The molecule has 0 unspecified atom stereocenters. The zero-order valence-corrected chi connectivity index (χ0v) is 7.63. The van der Waals surface area contributed by atoms with E-state index in [1.54, 1.807) is 0 Å². The fourth-order valence-corrected chi connectivity index (χ4v) is 1.22. The van der Waals surface area contributed by atoms with Crippen molar-refractivity contribution in [1.29, 1.82) is 0 Å². The smallest absolute Gasteiger partial charge is 0.0279 e. The summed E-state index contributed by atoms with van der Waals surface area (Å²) in [7, 11) is 0. The Balaban J connectivity index is 2.31. The molecule has 0 saturated carbocycles. The minimum atomic E-state index is 1.14. The fourth-order valence-electron chi connectivity index (χ4n) is 1.22. The molecule has 1 aliphatic carbocycles. The zero-order valence-electron chi connectivity index (χ0n) is 7.63. The summed E-state index contributed by atoms with van der Waals surface area (Å²) in [5, 5.41) is 0. The van der Waals surface area contributed by atoms with Gasteiger partial charge in [0, 0.05) is 0 Å². The highest BCUT2D eigenvalue weighted by Gasteiger charge is 1.84. The predicted molar refractivity (Wildman–Crippen MR) is 53.8 cm³/mol. The Kier molecular flexibility index (Phi) is 5.35. The summed E-state index contributed by atoms with van der Waals surface area (Å²) >= 11 is 0. The highest BCUT2D eigenvalue weighted by molar-refractivity contribution is 5.02. The number of allylic oxidation sites excluding steroid dienone is 6. The Morgan fingerprint density at radius 1 is 0.833 bits per heavy atom. The summed E-state index contributed by atoms with van der Waals surface area (Å²) in [6, 6.07) is 0. The molecule has 1 rings (SSSR count). The van der Waals surface area contributed by atoms with E-state index < -0.39 is 0 Å². The molecular weight excluding hydrogens is 144 g/mol. The van der Waals surface area contributed by atoms with Crippen molar-refractivity contribution in [2.75, 3.05) is 0 Å². The molecule has 0 amide bonds. The second-order valence-corrected chi connectivity index (χ2v) is 3.09. The van der Waals surface area contributed by atoms with Crippen molar-refractivity contribution >= 4 is 0 Å². The van der Waals surface area contributed by atoms with E-state index in [0.717, 1.165) is 19.3 Å². The predicted octanol–water partition coefficient (Wildman–Crippen LogP) is 3.81. The van der Waals surface area contributed by atoms with Crippen LogP contribution in [0.3, 0.4) is 0 Å². The third-order valence-electron chi connectivity index (χ3n) is 1.95. The quantitative estimate of drug-likeness (QED) is 0.506. The van der Waals surface area contributed by atoms with Gasteiger partial charge in [-0.1, -0.05) is 30.4 Å². The summed E-state index contributed by atoms with van der Waals surface area (Å²) in [6.45, 7) is 0. The molecule has 0 aromatic carbocycles. The molecule has 65 valence electrons. The van der Waals surface area contributed by atoms with Crippen LogP contribution in [0.15, 0.2) is 30.4 Å². The SMILES string of the molecule is [C]1=CCCC=CC=CCCCC1. The van der Waals surface area contributed by atoms with Crippen molar-refractivity contribution in [3.8, 4) is 0 Å². The van der Waals surface area contributed by atoms with Crippen LogP contribution in [0.5, 0.6) is 0 Å². The molecule has 12 heavy (non-hydrogen) atoms. The van der Waals surface area contributed by atoms with E-state index >= 15 is 0 Å². The second-order valence-electron chi connectivity index (χ2n) is 3.09. The van der Waals surface area contributed by atoms with Gasteiger partial charge in [0.1, 0.15) is 0 Å². The van der Waals surface area contributed by atoms with Crippen LogP contribution in [-0.2, 0) is 0 Å². The lowest BCUT2D eigenvalue weighted by Crippen LogP contribution is -1.74. The first-order valence-electron chi connectivity index (χ1n) is 4.87. The van der Waals surface area contributed by atoms with Gasteiger partial charge in [-0.3, -0.25) is 0 Å². The topological polar surface area (TPSA) is 0 Å². The van der Waals surface area contributed by atoms with Crippen molar-refractivity contribution in [2.24, 2.45) is 0 Å². The molecule has 0 N–H and O–H groups in total. The Bertz CT molecular complexity index is 172. The van der Waals surface area contributed by atoms with Crippen LogP contribution in [0.4, 0.5) is 0 Å². The molecule has 0 spiro atoms. The fraction of sp³-hybridized carbons (Fsp3) is 0.500. The first-order valence-corrected chi connectivity index (χ1v) is 4.87. The van der Waals surface area contributed by atoms with Crippen molar-refractivity contribution in [2.45, 2.75) is 38.5 Å². The van der Waals surface area contributed by atoms with Gasteiger partial charge in [0.15, 0.2) is 0 Å². The monoisotopic (exact) mass is 161 g/mol. The van der Waals surface area contributed by atoms with E-state index in [1.807, 2.05) is 0 Å². The van der Waals surface area contributed by atoms with Crippen molar-refractivity contribution < 1.29 is 0 Å². The maximum absolute atomic E-state index is 3.32. The van der Waals surface area contributed by atoms with Crippen molar-refractivity contribution in [3.63, 3.8) is 0 Å². The molecule has 0 nitrogen and oxygen atoms in total. The molecule has 0 heteroatoms. The molecule has 0 heterocycles. The lowest BCUT2D eigenvalue weighted by Gasteiger charge is -1.93. The van der Waals surface area contributed by atoms with Crippen LogP contribution in [0.1, 0.15) is 38.5 Å². The van der Waals surface area contributed by atoms with E-state index in [2.05, 4.69) is 36.5 Å². The van der Waals surface area contributed by atoms with Crippen molar-refractivity contribution in [3.05, 3.63) is 36.5 Å². The van der Waals surface area contributed by atoms with E-state index in [9.17, 15) is 0 Å². The Labute approximate surface area is 75.7 Å². The largest absolute Gasteiger partial charge is 0.0845 e. The van der Waals surface area contributed by atoms with Crippen LogP contribution in [0.25, 0.3) is 0 Å². The van der Waals surface area contributed by atoms with Crippen molar-refractivity contribution in [1.82, 2.24) is 0 Å². The normalized spacial score (nSPS) is 20.0. The van der Waals surface area contributed by atoms with Gasteiger partial charge in [-0.2, -0.15) is 0 Å². The minimum Gasteiger partial charge on any atom is -0.0845 e. The summed E-state index contributed by atoms with van der Waals surface area (Å²) in [5.74, 6) is 0. The average Bonchev–Trinajstić information content (AvgIpc) is 2.05. The third-order valence-corrected chi connectivity index (χ3v) is 1.95. The number of rotatable bonds is 0. The standard InChI is InChI=1S/C12H17/c1-2-4-6-8-10-12-11-9-7-5-3-1/h1-4,9H,5-8,10,12H2. The molecule has 0 aromatic rings. The van der Waals surface area contributed by atoms with E-state index in [1.165, 1.54) is 19.3 Å². The highest BCUT2D eigenvalue weighted by Crippen LogP contribution is 2.03. The molecule has 0 saturated heterocycles. The Hall–Kier alpha value is -0.780. The molecule has 0 aromatic heterocycles. The third kappa shape index (κ3) is 4.95. The average molecular weight is 161 g/mol. The summed E-state index contributed by atoms with van der Waals surface area (Å²) in [6.07, 6.45) is 21.5. The van der Waals surface area contributed by atoms with Crippen LogP contribution < -0.4 is 0 Å². The molecule has 1 radical (unpaired) electrons. The van der Waals surface area contributed by atoms with Crippen LogP contribution in [0, 0.1) is 6.08 Å². The number of hydrogen-bond donors (Lipinski definition) is 0. The van der Waals surface area contributed by atoms with E-state index in [4.69, 9.17) is 0 Å². The molecule has 0 atom stereocenters. The highest BCUT2D eigenvalue weighted by atomic mass is 13.9. The van der Waals surface area contributed by atoms with Gasteiger partial charge in [0.05, 0.1) is 0 Å². The van der Waals surface area contributed by atoms with Gasteiger partial charge >= 0.3 is 0 Å². The molecular formula is C12H17. The number of hydrogen-bond acceptors (Lipinski definition) is 0. The zero-order chi connectivity index (χ0) is 8.49. The van der Waals surface area contributed by atoms with E-state index in [-0.39, 0.29) is 0 Å². The molecule has 0 fully saturated rings. The van der Waals surface area contributed by atoms with Crippen LogP contribution in [-0.4, -0.2) is 0 Å². The van der Waals surface area contributed by atoms with Gasteiger partial charge in [-0.25, -0.2) is 0 Å². The second kappa shape index (κ2) is 6.90. The first kappa shape index (κ1) is 9.31. The minimum absolute atomic E-state index is 1.14. The van der Waals surface area contributed by atoms with Gasteiger partial charge < -0.3 is 0 Å². The van der Waals surface area contributed by atoms with Crippen LogP contribution >= 0.6 is 0 Å². The first-order chi connectivity index (χ1) is 6.00. The lowest BCUT2D eigenvalue weighted by molar-refractivity contribution is 0.751. The maximum atomic E-state index is 3.32. The van der Waals surface area contributed by atoms with Gasteiger partial charge in [-0.05, 0) is 44.6 Å². The van der Waals surface area contributed by atoms with Gasteiger partial charge in [-0.15, -0.1) is 0 Å². The Morgan fingerprint density at radius 3 is 2.58 bits per heavy atom. The lowest BCUT2D eigenvalue weighted by atomic mass is 10.1. The van der Waals surface area contributed by atoms with Crippen LogP contribution in [0.2, 0.25) is 0 Å². The maximum Gasteiger partial charge on any atom is -0.0279 e. The summed E-state index contributed by atoms with van der Waals surface area (Å²) in [5.41, 5.74) is 0. The summed E-state index contributed by atoms with van der Waals surface area (Å²) < 4.78 is 0. The molecule has 0 bridgehead atoms. The molecule has 0 aliphatic heterocycles. The molecule has 1 aliphatic rings. The summed E-state index contributed by atoms with van der Waals surface area (Å²) in [4.78, 5) is 0.